The molecule has 1 aromatic rings. The van der Waals surface area contributed by atoms with E-state index in [2.05, 4.69) is 20.0 Å². The second-order valence-electron chi connectivity index (χ2n) is 5.35. The molecule has 1 aromatic heterocycles. The van der Waals surface area contributed by atoms with Crippen LogP contribution in [0.2, 0.25) is 0 Å². The maximum atomic E-state index is 12.4. The van der Waals surface area contributed by atoms with Crippen LogP contribution in [0.25, 0.3) is 0 Å². The lowest BCUT2D eigenvalue weighted by molar-refractivity contribution is -0.111. The van der Waals surface area contributed by atoms with E-state index >= 15 is 0 Å². The zero-order valence-corrected chi connectivity index (χ0v) is 11.5. The minimum atomic E-state index is -0.625. The first-order valence-corrected chi connectivity index (χ1v) is 6.36. The average molecular weight is 287 g/mol. The number of aliphatic imine (C=N–C) groups is 2. The highest BCUT2D eigenvalue weighted by Gasteiger charge is 2.37. The Morgan fingerprint density at radius 1 is 1.29 bits per heavy atom. The van der Waals surface area contributed by atoms with E-state index in [0.29, 0.717) is 5.71 Å². The van der Waals surface area contributed by atoms with Gasteiger partial charge in [-0.3, -0.25) is 24.5 Å². The molecule has 0 radical (unpaired) electrons. The van der Waals surface area contributed by atoms with Crippen molar-refractivity contribution in [3.8, 4) is 0 Å². The van der Waals surface area contributed by atoms with Crippen LogP contribution >= 0.6 is 0 Å². The molecule has 0 aromatic carbocycles. The first-order valence-electron chi connectivity index (χ1n) is 6.36. The predicted molar refractivity (Wildman–Crippen MR) is 78.1 cm³/mol. The van der Waals surface area contributed by atoms with Gasteiger partial charge >= 0.3 is 5.69 Å². The summed E-state index contributed by atoms with van der Waals surface area (Å²) in [6.07, 6.45) is 4.56. The number of hydrogen-bond acceptors (Lipinski definition) is 5. The van der Waals surface area contributed by atoms with E-state index in [9.17, 15) is 14.4 Å². The van der Waals surface area contributed by atoms with Crippen molar-refractivity contribution in [3.63, 3.8) is 0 Å². The average Bonchev–Trinajstić information content (AvgIpc) is 2.58. The van der Waals surface area contributed by atoms with Crippen molar-refractivity contribution < 1.29 is 4.79 Å². The quantitative estimate of drug-likeness (QED) is 0.733. The van der Waals surface area contributed by atoms with E-state index in [4.69, 9.17) is 0 Å². The molecule has 0 atom stereocenters. The molecule has 0 bridgehead atoms. The van der Waals surface area contributed by atoms with Gasteiger partial charge < -0.3 is 4.98 Å². The lowest BCUT2D eigenvalue weighted by Gasteiger charge is -2.15. The molecule has 108 valence electrons. The van der Waals surface area contributed by atoms with Gasteiger partial charge in [-0.15, -0.1) is 0 Å². The standard InChI is InChI=1S/C13H13N5O3/c1-13(2)3-4-14-9-7(17-13)6-18(11(9)20)8-5-15-12(21)16-10(8)19/h3-5H,6H2,1-2H3,(H2,15,16,19,21). The molecule has 1 fully saturated rings. The molecule has 2 N–H and O–H groups in total. The number of aromatic nitrogens is 2. The van der Waals surface area contributed by atoms with E-state index in [0.717, 1.165) is 0 Å². The van der Waals surface area contributed by atoms with Crippen LogP contribution in [0.5, 0.6) is 0 Å². The number of carbonyl (C=O) groups is 1. The van der Waals surface area contributed by atoms with Crippen LogP contribution in [0.1, 0.15) is 13.8 Å². The largest absolute Gasteiger partial charge is 0.325 e. The Kier molecular flexibility index (Phi) is 2.75. The number of anilines is 1. The summed E-state index contributed by atoms with van der Waals surface area (Å²) < 4.78 is 0. The third-order valence-corrected chi connectivity index (χ3v) is 3.23. The van der Waals surface area contributed by atoms with Gasteiger partial charge in [-0.2, -0.15) is 0 Å². The summed E-state index contributed by atoms with van der Waals surface area (Å²) in [6.45, 7) is 3.95. The Morgan fingerprint density at radius 3 is 2.76 bits per heavy atom. The zero-order valence-electron chi connectivity index (χ0n) is 11.5. The van der Waals surface area contributed by atoms with Crippen LogP contribution in [0.15, 0.2) is 38.0 Å². The highest BCUT2D eigenvalue weighted by atomic mass is 16.2. The monoisotopic (exact) mass is 287 g/mol. The first-order chi connectivity index (χ1) is 9.87. The molecule has 2 aliphatic rings. The fourth-order valence-corrected chi connectivity index (χ4v) is 2.24. The van der Waals surface area contributed by atoms with Gasteiger partial charge in [-0.25, -0.2) is 9.79 Å². The van der Waals surface area contributed by atoms with Crippen LogP contribution in [-0.2, 0) is 4.79 Å². The van der Waals surface area contributed by atoms with E-state index in [1.54, 1.807) is 12.3 Å². The highest BCUT2D eigenvalue weighted by Crippen LogP contribution is 2.20. The van der Waals surface area contributed by atoms with Crippen LogP contribution in [-0.4, -0.2) is 39.4 Å². The van der Waals surface area contributed by atoms with E-state index < -0.39 is 22.7 Å². The van der Waals surface area contributed by atoms with Crippen molar-refractivity contribution in [1.82, 2.24) is 9.97 Å². The summed E-state index contributed by atoms with van der Waals surface area (Å²) in [4.78, 5) is 49.5. The summed E-state index contributed by atoms with van der Waals surface area (Å²) >= 11 is 0. The minimum Gasteiger partial charge on any atom is -0.312 e. The Morgan fingerprint density at radius 2 is 2.05 bits per heavy atom. The molecule has 0 spiro atoms. The Hall–Kier alpha value is -2.77. The van der Waals surface area contributed by atoms with Gasteiger partial charge in [0.1, 0.15) is 5.69 Å². The maximum Gasteiger partial charge on any atom is 0.325 e. The van der Waals surface area contributed by atoms with Crippen molar-refractivity contribution in [3.05, 3.63) is 39.3 Å². The number of amides is 1. The van der Waals surface area contributed by atoms with Gasteiger partial charge in [0.2, 0.25) is 0 Å². The Balaban J connectivity index is 2.08. The molecule has 0 aliphatic carbocycles. The Bertz CT molecular complexity index is 825. The van der Waals surface area contributed by atoms with Crippen molar-refractivity contribution >= 4 is 23.0 Å². The predicted octanol–water partition coefficient (Wildman–Crippen LogP) is -0.402. The zero-order chi connectivity index (χ0) is 15.2. The molecule has 8 nitrogen and oxygen atoms in total. The number of rotatable bonds is 1. The number of aromatic amines is 2. The van der Waals surface area contributed by atoms with E-state index in [-0.39, 0.29) is 17.9 Å². The van der Waals surface area contributed by atoms with Crippen LogP contribution in [0.4, 0.5) is 5.69 Å². The van der Waals surface area contributed by atoms with Gasteiger partial charge in [0, 0.05) is 12.4 Å². The van der Waals surface area contributed by atoms with Gasteiger partial charge in [0.05, 0.1) is 17.8 Å². The second kappa shape index (κ2) is 4.37. The summed E-state index contributed by atoms with van der Waals surface area (Å²) in [6, 6.07) is 0. The Labute approximate surface area is 118 Å². The number of nitrogens with one attached hydrogen (secondary N) is 2. The minimum absolute atomic E-state index is 0.0693. The van der Waals surface area contributed by atoms with Crippen LogP contribution in [0, 0.1) is 0 Å². The molecule has 1 saturated heterocycles. The molecule has 0 unspecified atom stereocenters. The number of fused-ring (bicyclic) bond motifs is 1. The molecule has 1 amide bonds. The van der Waals surface area contributed by atoms with E-state index in [1.165, 1.54) is 11.1 Å². The van der Waals surface area contributed by atoms with Gasteiger partial charge in [-0.1, -0.05) is 0 Å². The normalized spacial score (nSPS) is 19.9. The summed E-state index contributed by atoms with van der Waals surface area (Å²) in [7, 11) is 0. The first kappa shape index (κ1) is 13.2. The maximum absolute atomic E-state index is 12.4. The molecule has 21 heavy (non-hydrogen) atoms. The number of hydrogen-bond donors (Lipinski definition) is 2. The lowest BCUT2D eigenvalue weighted by atomic mass is 10.1. The molecule has 0 saturated carbocycles. The highest BCUT2D eigenvalue weighted by molar-refractivity contribution is 6.73. The molecule has 3 heterocycles. The lowest BCUT2D eigenvalue weighted by Crippen LogP contribution is -2.34. The van der Waals surface area contributed by atoms with Crippen LogP contribution in [0.3, 0.4) is 0 Å². The number of carbonyl (C=O) groups excluding carboxylic acids is 1. The van der Waals surface area contributed by atoms with Gasteiger partial charge in [0.25, 0.3) is 11.5 Å². The van der Waals surface area contributed by atoms with E-state index in [1.807, 2.05) is 13.8 Å². The van der Waals surface area contributed by atoms with Crippen molar-refractivity contribution in [2.75, 3.05) is 11.4 Å². The second-order valence-corrected chi connectivity index (χ2v) is 5.35. The molecule has 3 rings (SSSR count). The van der Waals surface area contributed by atoms with Gasteiger partial charge in [0.15, 0.2) is 5.71 Å². The fourth-order valence-electron chi connectivity index (χ4n) is 2.24. The molecular weight excluding hydrogens is 274 g/mol. The summed E-state index contributed by atoms with van der Waals surface area (Å²) in [5, 5.41) is 0. The third kappa shape index (κ3) is 2.24. The van der Waals surface area contributed by atoms with Crippen molar-refractivity contribution in [2.45, 2.75) is 19.4 Å². The fraction of sp³-hybridized carbons (Fsp3) is 0.308. The smallest absolute Gasteiger partial charge is 0.312 e. The summed E-state index contributed by atoms with van der Waals surface area (Å²) in [5.41, 5.74) is -0.889. The number of nitrogens with zero attached hydrogens (tertiary/aromatic N) is 3. The third-order valence-electron chi connectivity index (χ3n) is 3.23. The molecule has 8 heteroatoms. The topological polar surface area (TPSA) is 111 Å². The van der Waals surface area contributed by atoms with Crippen molar-refractivity contribution in [2.24, 2.45) is 9.98 Å². The summed E-state index contributed by atoms with van der Waals surface area (Å²) in [5.74, 6) is -0.409. The SMILES string of the molecule is CC1(C)C=CN=C2C(=O)N(c3c[nH]c(=O)[nH]c3=O)CC2=N1. The molecule has 2 aliphatic heterocycles. The van der Waals surface area contributed by atoms with Gasteiger partial charge in [-0.05, 0) is 19.9 Å². The molecular formula is C13H13N5O3. The van der Waals surface area contributed by atoms with Crippen molar-refractivity contribution in [1.29, 1.82) is 0 Å². The number of H-pyrrole nitrogens is 2. The van der Waals surface area contributed by atoms with Crippen LogP contribution < -0.4 is 16.1 Å².